The number of hydrogen-bond acceptors (Lipinski definition) is 9. The number of nitrogens with one attached hydrogen (secondary N) is 2. The molecule has 8 rings (SSSR count). The van der Waals surface area contributed by atoms with E-state index < -0.39 is 23.8 Å². The summed E-state index contributed by atoms with van der Waals surface area (Å²) < 4.78 is 6.37. The van der Waals surface area contributed by atoms with E-state index in [4.69, 9.17) is 16.3 Å². The Balaban J connectivity index is 0.822. The van der Waals surface area contributed by atoms with Gasteiger partial charge in [-0.25, -0.2) is 0 Å². The fraction of sp³-hybridized carbons (Fsp3) is 0.442. The number of carbonyl (C=O) groups excluding carboxylic acids is 5. The van der Waals surface area contributed by atoms with Crippen LogP contribution in [0.15, 0.2) is 54.6 Å². The number of piperidine rings is 1. The van der Waals surface area contributed by atoms with Crippen LogP contribution in [0.5, 0.6) is 5.75 Å². The maximum absolute atomic E-state index is 13.5. The van der Waals surface area contributed by atoms with Crippen molar-refractivity contribution in [1.29, 1.82) is 5.26 Å². The topological polar surface area (TPSA) is 152 Å². The summed E-state index contributed by atoms with van der Waals surface area (Å²) in [6.07, 6.45) is 1.69. The monoisotopic (exact) mass is 776 g/mol. The highest BCUT2D eigenvalue weighted by molar-refractivity contribution is 6.31. The van der Waals surface area contributed by atoms with Gasteiger partial charge >= 0.3 is 0 Å². The van der Waals surface area contributed by atoms with Crippen LogP contribution in [-0.4, -0.2) is 90.2 Å². The van der Waals surface area contributed by atoms with Crippen LogP contribution in [-0.2, 0) is 22.4 Å². The molecular weight excluding hydrogens is 732 g/mol. The van der Waals surface area contributed by atoms with E-state index in [2.05, 4.69) is 54.2 Å². The molecule has 3 heterocycles. The lowest BCUT2D eigenvalue weighted by molar-refractivity contribution is -0.164. The first kappa shape index (κ1) is 37.7. The van der Waals surface area contributed by atoms with Crippen molar-refractivity contribution in [2.45, 2.75) is 71.6 Å². The second-order valence-electron chi connectivity index (χ2n) is 17.0. The van der Waals surface area contributed by atoms with Gasteiger partial charge in [-0.05, 0) is 84.8 Å². The lowest BCUT2D eigenvalue weighted by Gasteiger charge is -2.63. The number of ether oxygens (including phenoxy) is 1. The molecule has 0 aromatic heterocycles. The van der Waals surface area contributed by atoms with Crippen molar-refractivity contribution in [3.63, 3.8) is 0 Å². The summed E-state index contributed by atoms with van der Waals surface area (Å²) in [5.41, 5.74) is 4.19. The number of nitrogens with zero attached hydrogens (tertiary/aromatic N) is 4. The minimum Gasteiger partial charge on any atom is -0.489 e. The Morgan fingerprint density at radius 3 is 2.11 bits per heavy atom. The van der Waals surface area contributed by atoms with Crippen LogP contribution >= 0.6 is 11.6 Å². The third-order valence-corrected chi connectivity index (χ3v) is 12.9. The van der Waals surface area contributed by atoms with E-state index in [9.17, 15) is 29.2 Å². The third kappa shape index (κ3) is 6.50. The molecule has 1 saturated carbocycles. The number of fused-ring (bicyclic) bond motifs is 2. The number of hydrogen-bond donors (Lipinski definition) is 2. The maximum Gasteiger partial charge on any atom is 0.262 e. The van der Waals surface area contributed by atoms with Gasteiger partial charge in [-0.1, -0.05) is 39.3 Å². The minimum atomic E-state index is -0.963. The van der Waals surface area contributed by atoms with E-state index in [-0.39, 0.29) is 47.6 Å². The van der Waals surface area contributed by atoms with E-state index >= 15 is 0 Å². The Labute approximate surface area is 331 Å². The summed E-state index contributed by atoms with van der Waals surface area (Å²) in [5, 5.41) is 15.1. The van der Waals surface area contributed by atoms with Gasteiger partial charge in [-0.15, -0.1) is 0 Å². The van der Waals surface area contributed by atoms with Gasteiger partial charge < -0.3 is 15.0 Å². The number of imide groups is 2. The molecular formula is C43H45ClN6O6. The average molecular weight is 777 g/mol. The number of halogens is 1. The summed E-state index contributed by atoms with van der Waals surface area (Å²) in [4.78, 5) is 70.0. The molecule has 290 valence electrons. The molecule has 0 radical (unpaired) electrons. The van der Waals surface area contributed by atoms with Crippen LogP contribution in [0.3, 0.4) is 0 Å². The van der Waals surface area contributed by atoms with Gasteiger partial charge in [0.15, 0.2) is 0 Å². The predicted octanol–water partition coefficient (Wildman–Crippen LogP) is 4.76. The Hall–Kier alpha value is -5.25. The second-order valence-corrected chi connectivity index (χ2v) is 17.4. The molecule has 2 aliphatic carbocycles. The van der Waals surface area contributed by atoms with Crippen molar-refractivity contribution in [1.82, 2.24) is 20.4 Å². The predicted molar refractivity (Wildman–Crippen MR) is 209 cm³/mol. The van der Waals surface area contributed by atoms with Gasteiger partial charge in [0.1, 0.15) is 24.0 Å². The number of anilines is 1. The second kappa shape index (κ2) is 14.0. The molecule has 5 amide bonds. The molecule has 56 heavy (non-hydrogen) atoms. The molecule has 3 aromatic rings. The van der Waals surface area contributed by atoms with Crippen LogP contribution in [0.1, 0.15) is 88.3 Å². The zero-order valence-electron chi connectivity index (χ0n) is 32.0. The first-order valence-corrected chi connectivity index (χ1v) is 19.7. The van der Waals surface area contributed by atoms with Crippen molar-refractivity contribution in [3.05, 3.63) is 93.0 Å². The zero-order valence-corrected chi connectivity index (χ0v) is 32.7. The largest absolute Gasteiger partial charge is 0.489 e. The molecule has 13 heteroatoms. The van der Waals surface area contributed by atoms with Crippen LogP contribution in [0, 0.1) is 28.1 Å². The SMILES string of the molecule is CC1(C)C(NC(=O)c2ccc(N3CCN(CC4Cc5cc6c(cc5C4)C(=O)N(C4CCC(=O)NC4=O)C6=O)CC3)cc2)C(C)(C)C1Oc1ccc(C#N)c(Cl)c1. The fourth-order valence-corrected chi connectivity index (χ4v) is 10.2. The first-order chi connectivity index (χ1) is 26.6. The van der Waals surface area contributed by atoms with E-state index in [0.717, 1.165) is 67.3 Å². The fourth-order valence-electron chi connectivity index (χ4n) is 10.00. The summed E-state index contributed by atoms with van der Waals surface area (Å²) in [7, 11) is 0. The Morgan fingerprint density at radius 1 is 0.911 bits per heavy atom. The number of rotatable bonds is 8. The molecule has 1 atom stereocenters. The number of nitriles is 1. The van der Waals surface area contributed by atoms with E-state index in [1.54, 1.807) is 18.2 Å². The number of piperazine rings is 1. The zero-order chi connectivity index (χ0) is 39.7. The maximum atomic E-state index is 13.5. The third-order valence-electron chi connectivity index (χ3n) is 12.6. The van der Waals surface area contributed by atoms with E-state index in [0.29, 0.717) is 38.9 Å². The molecule has 12 nitrogen and oxygen atoms in total. The van der Waals surface area contributed by atoms with Crippen LogP contribution in [0.4, 0.5) is 5.69 Å². The Kier molecular flexibility index (Phi) is 9.45. The van der Waals surface area contributed by atoms with Gasteiger partial charge in [0, 0.05) is 73.3 Å². The molecule has 5 aliphatic rings. The minimum absolute atomic E-state index is 0.0957. The summed E-state index contributed by atoms with van der Waals surface area (Å²) in [6, 6.07) is 17.5. The summed E-state index contributed by atoms with van der Waals surface area (Å²) in [5.74, 6) is -1.09. The molecule has 0 bridgehead atoms. The van der Waals surface area contributed by atoms with Crippen LogP contribution < -0.4 is 20.3 Å². The lowest BCUT2D eigenvalue weighted by Crippen LogP contribution is -2.74. The van der Waals surface area contributed by atoms with Gasteiger partial charge in [0.25, 0.3) is 17.7 Å². The van der Waals surface area contributed by atoms with Gasteiger partial charge in [-0.2, -0.15) is 5.26 Å². The Morgan fingerprint density at radius 2 is 1.54 bits per heavy atom. The molecule has 3 aromatic carbocycles. The molecule has 3 fully saturated rings. The Bertz CT molecular complexity index is 2140. The van der Waals surface area contributed by atoms with Crippen molar-refractivity contribution in [3.8, 4) is 11.8 Å². The standard InChI is InChI=1S/C43H45ClN6O6/c1-42(2)40(43(3,4)41(42)56-30-10-7-26(22-45)33(44)21-30)47-36(52)25-5-8-29(9-6-25)49-15-13-48(14-16-49)23-24-17-27-19-31-32(20-28(27)18-24)39(55)50(38(31)54)34-11-12-35(51)46-37(34)53/h5-10,19-21,24,34,40-41H,11-18,23H2,1-4H3,(H,47,52)(H,46,51,53). The van der Waals surface area contributed by atoms with Crippen molar-refractivity contribution < 1.29 is 28.7 Å². The van der Waals surface area contributed by atoms with E-state index in [1.807, 2.05) is 36.4 Å². The molecule has 0 spiro atoms. The summed E-state index contributed by atoms with van der Waals surface area (Å²) >= 11 is 6.24. The molecule has 3 aliphatic heterocycles. The number of amides is 5. The van der Waals surface area contributed by atoms with Gasteiger partial charge in [-0.3, -0.25) is 39.1 Å². The normalized spacial score (nSPS) is 24.2. The van der Waals surface area contributed by atoms with Gasteiger partial charge in [0.05, 0.1) is 21.7 Å². The average Bonchev–Trinajstić information content (AvgIpc) is 3.67. The first-order valence-electron chi connectivity index (χ1n) is 19.3. The number of carbonyl (C=O) groups is 5. The van der Waals surface area contributed by atoms with Crippen molar-refractivity contribution in [2.75, 3.05) is 37.6 Å². The molecule has 2 saturated heterocycles. The highest BCUT2D eigenvalue weighted by Gasteiger charge is 2.64. The van der Waals surface area contributed by atoms with Crippen molar-refractivity contribution >= 4 is 46.8 Å². The van der Waals surface area contributed by atoms with Crippen LogP contribution in [0.2, 0.25) is 5.02 Å². The smallest absolute Gasteiger partial charge is 0.262 e. The summed E-state index contributed by atoms with van der Waals surface area (Å²) in [6.45, 7) is 12.8. The molecule has 1 unspecified atom stereocenters. The molecule has 2 N–H and O–H groups in total. The van der Waals surface area contributed by atoms with Crippen molar-refractivity contribution in [2.24, 2.45) is 16.7 Å². The lowest BCUT2D eigenvalue weighted by atomic mass is 9.49. The highest BCUT2D eigenvalue weighted by atomic mass is 35.5. The van der Waals surface area contributed by atoms with Crippen LogP contribution in [0.25, 0.3) is 0 Å². The quantitative estimate of drug-likeness (QED) is 0.309. The highest BCUT2D eigenvalue weighted by Crippen LogP contribution is 2.55. The van der Waals surface area contributed by atoms with Gasteiger partial charge in [0.2, 0.25) is 11.8 Å². The number of benzene rings is 3. The van der Waals surface area contributed by atoms with E-state index in [1.165, 1.54) is 0 Å².